The average Bonchev–Trinajstić information content (AvgIpc) is 2.42. The minimum atomic E-state index is -0.236. The third kappa shape index (κ3) is 3.35. The Labute approximate surface area is 115 Å². The fourth-order valence-corrected chi connectivity index (χ4v) is 2.86. The minimum absolute atomic E-state index is 0.236. The molecule has 1 atom stereocenters. The number of hydrogen-bond acceptors (Lipinski definition) is 3. The maximum Gasteiger partial charge on any atom is 0.338 e. The summed E-state index contributed by atoms with van der Waals surface area (Å²) in [5, 5.41) is 3.44. The summed E-state index contributed by atoms with van der Waals surface area (Å²) in [5.74, 6) is 0.446. The maximum atomic E-state index is 11.8. The van der Waals surface area contributed by atoms with E-state index in [1.807, 2.05) is 13.0 Å². The first kappa shape index (κ1) is 14.1. The Morgan fingerprint density at radius 1 is 1.37 bits per heavy atom. The number of carbonyl (C=O) groups is 1. The van der Waals surface area contributed by atoms with Crippen molar-refractivity contribution in [1.82, 2.24) is 5.32 Å². The zero-order valence-corrected chi connectivity index (χ0v) is 12.1. The van der Waals surface area contributed by atoms with Crippen molar-refractivity contribution < 1.29 is 9.53 Å². The van der Waals surface area contributed by atoms with Crippen LogP contribution in [0.5, 0.6) is 0 Å². The van der Waals surface area contributed by atoms with E-state index < -0.39 is 0 Å². The summed E-state index contributed by atoms with van der Waals surface area (Å²) in [7, 11) is 1.44. The van der Waals surface area contributed by atoms with Gasteiger partial charge >= 0.3 is 5.97 Å². The van der Waals surface area contributed by atoms with E-state index in [4.69, 9.17) is 4.74 Å². The van der Waals surface area contributed by atoms with E-state index in [1.54, 1.807) is 0 Å². The number of nitrogens with one attached hydrogen (secondary N) is 1. The molecule has 2 rings (SSSR count). The van der Waals surface area contributed by atoms with E-state index in [0.29, 0.717) is 11.5 Å². The normalized spacial score (nSPS) is 19.2. The van der Waals surface area contributed by atoms with E-state index in [-0.39, 0.29) is 5.97 Å². The molecule has 1 heterocycles. The van der Waals surface area contributed by atoms with Gasteiger partial charge in [0.25, 0.3) is 0 Å². The molecule has 3 nitrogen and oxygen atoms in total. The number of hydrogen-bond donors (Lipinski definition) is 1. The molecule has 1 unspecified atom stereocenters. The summed E-state index contributed by atoms with van der Waals surface area (Å²) in [6, 6.07) is 4.11. The number of aryl methyl sites for hydroxylation is 2. The summed E-state index contributed by atoms with van der Waals surface area (Å²) in [4.78, 5) is 11.8. The highest BCUT2D eigenvalue weighted by Gasteiger charge is 2.17. The number of carbonyl (C=O) groups excluding carboxylic acids is 1. The minimum Gasteiger partial charge on any atom is -0.465 e. The van der Waals surface area contributed by atoms with Crippen LogP contribution >= 0.6 is 0 Å². The van der Waals surface area contributed by atoms with Gasteiger partial charge in [0.1, 0.15) is 0 Å². The lowest BCUT2D eigenvalue weighted by Crippen LogP contribution is -2.31. The zero-order valence-electron chi connectivity index (χ0n) is 12.1. The molecule has 1 aromatic rings. The van der Waals surface area contributed by atoms with Crippen molar-refractivity contribution in [3.8, 4) is 0 Å². The van der Waals surface area contributed by atoms with Crippen LogP contribution in [0.25, 0.3) is 0 Å². The van der Waals surface area contributed by atoms with Gasteiger partial charge in [-0.2, -0.15) is 0 Å². The Morgan fingerprint density at radius 2 is 2.16 bits per heavy atom. The van der Waals surface area contributed by atoms with Crippen LogP contribution in [0.15, 0.2) is 12.1 Å². The van der Waals surface area contributed by atoms with Crippen molar-refractivity contribution in [3.05, 3.63) is 34.4 Å². The van der Waals surface area contributed by atoms with E-state index in [9.17, 15) is 4.79 Å². The molecule has 0 radical (unpaired) electrons. The first-order valence-electron chi connectivity index (χ1n) is 7.01. The Balaban J connectivity index is 2.21. The molecule has 104 valence electrons. The van der Waals surface area contributed by atoms with Crippen LogP contribution < -0.4 is 5.32 Å². The van der Waals surface area contributed by atoms with Crippen LogP contribution in [0.4, 0.5) is 0 Å². The van der Waals surface area contributed by atoms with Gasteiger partial charge in [-0.3, -0.25) is 0 Å². The van der Waals surface area contributed by atoms with Crippen molar-refractivity contribution in [2.24, 2.45) is 5.92 Å². The third-order valence-electron chi connectivity index (χ3n) is 4.00. The van der Waals surface area contributed by atoms with Crippen molar-refractivity contribution >= 4 is 5.97 Å². The first-order chi connectivity index (χ1) is 9.11. The highest BCUT2D eigenvalue weighted by Crippen LogP contribution is 2.22. The number of rotatable bonds is 3. The second-order valence-electron chi connectivity index (χ2n) is 5.50. The third-order valence-corrected chi connectivity index (χ3v) is 4.00. The molecule has 0 aromatic heterocycles. The van der Waals surface area contributed by atoms with Crippen LogP contribution in [-0.2, 0) is 11.2 Å². The van der Waals surface area contributed by atoms with E-state index in [1.165, 1.54) is 31.1 Å². The molecule has 1 aromatic carbocycles. The van der Waals surface area contributed by atoms with Gasteiger partial charge in [0.05, 0.1) is 12.7 Å². The van der Waals surface area contributed by atoms with Crippen LogP contribution in [0.2, 0.25) is 0 Å². The van der Waals surface area contributed by atoms with Crippen LogP contribution in [0.1, 0.15) is 39.9 Å². The molecule has 1 fully saturated rings. The van der Waals surface area contributed by atoms with Crippen LogP contribution in [0, 0.1) is 19.8 Å². The zero-order chi connectivity index (χ0) is 13.8. The summed E-state index contributed by atoms with van der Waals surface area (Å²) >= 11 is 0. The molecular weight excluding hydrogens is 238 g/mol. The van der Waals surface area contributed by atoms with Gasteiger partial charge in [-0.15, -0.1) is 0 Å². The van der Waals surface area contributed by atoms with Gasteiger partial charge in [-0.1, -0.05) is 6.07 Å². The molecule has 3 heteroatoms. The lowest BCUT2D eigenvalue weighted by Gasteiger charge is -2.23. The highest BCUT2D eigenvalue weighted by molar-refractivity contribution is 5.91. The number of esters is 1. The van der Waals surface area contributed by atoms with E-state index in [2.05, 4.69) is 18.3 Å². The van der Waals surface area contributed by atoms with E-state index in [0.717, 1.165) is 25.1 Å². The number of piperidine rings is 1. The predicted octanol–water partition coefficient (Wildman–Crippen LogP) is 2.63. The molecular formula is C16H23NO2. The number of ether oxygens (including phenoxy) is 1. The van der Waals surface area contributed by atoms with Crippen LogP contribution in [0.3, 0.4) is 0 Å². The largest absolute Gasteiger partial charge is 0.465 e. The van der Waals surface area contributed by atoms with Crippen molar-refractivity contribution in [3.63, 3.8) is 0 Å². The van der Waals surface area contributed by atoms with Gasteiger partial charge in [0, 0.05) is 0 Å². The standard InChI is InChI=1S/C16H23NO2/c1-11-7-12(2)15(16(18)19-3)9-14(11)8-13-5-4-6-17-10-13/h7,9,13,17H,4-6,8,10H2,1-3H3. The lowest BCUT2D eigenvalue weighted by molar-refractivity contribution is 0.0599. The first-order valence-corrected chi connectivity index (χ1v) is 7.01. The van der Waals surface area contributed by atoms with Gasteiger partial charge in [-0.25, -0.2) is 4.79 Å². The molecule has 0 aliphatic carbocycles. The summed E-state index contributed by atoms with van der Waals surface area (Å²) in [6.07, 6.45) is 3.57. The topological polar surface area (TPSA) is 38.3 Å². The fourth-order valence-electron chi connectivity index (χ4n) is 2.86. The Morgan fingerprint density at radius 3 is 2.79 bits per heavy atom. The van der Waals surface area contributed by atoms with Gasteiger partial charge in [0.2, 0.25) is 0 Å². The lowest BCUT2D eigenvalue weighted by atomic mass is 9.88. The molecule has 1 aliphatic rings. The Bertz CT molecular complexity index is 462. The van der Waals surface area contributed by atoms with Gasteiger partial charge < -0.3 is 10.1 Å². The summed E-state index contributed by atoms with van der Waals surface area (Å²) in [6.45, 7) is 6.31. The smallest absolute Gasteiger partial charge is 0.338 e. The molecule has 0 saturated carbocycles. The van der Waals surface area contributed by atoms with Crippen molar-refractivity contribution in [2.45, 2.75) is 33.1 Å². The number of methoxy groups -OCH3 is 1. The molecule has 1 saturated heterocycles. The number of benzene rings is 1. The summed E-state index contributed by atoms with van der Waals surface area (Å²) in [5.41, 5.74) is 4.25. The summed E-state index contributed by atoms with van der Waals surface area (Å²) < 4.78 is 4.85. The highest BCUT2D eigenvalue weighted by atomic mass is 16.5. The molecule has 1 aliphatic heterocycles. The SMILES string of the molecule is COC(=O)c1cc(CC2CCCNC2)c(C)cc1C. The fraction of sp³-hybridized carbons (Fsp3) is 0.562. The Hall–Kier alpha value is -1.35. The van der Waals surface area contributed by atoms with Crippen molar-refractivity contribution in [2.75, 3.05) is 20.2 Å². The second kappa shape index (κ2) is 6.20. The van der Waals surface area contributed by atoms with Crippen LogP contribution in [-0.4, -0.2) is 26.2 Å². The van der Waals surface area contributed by atoms with Gasteiger partial charge in [-0.05, 0) is 74.9 Å². The molecule has 1 N–H and O–H groups in total. The molecule has 0 bridgehead atoms. The maximum absolute atomic E-state index is 11.8. The quantitative estimate of drug-likeness (QED) is 0.850. The van der Waals surface area contributed by atoms with Crippen molar-refractivity contribution in [1.29, 1.82) is 0 Å². The van der Waals surface area contributed by atoms with Gasteiger partial charge in [0.15, 0.2) is 0 Å². The molecule has 0 spiro atoms. The predicted molar refractivity (Wildman–Crippen MR) is 76.6 cm³/mol. The van der Waals surface area contributed by atoms with E-state index >= 15 is 0 Å². The Kier molecular flexibility index (Phi) is 4.59. The average molecular weight is 261 g/mol. The monoisotopic (exact) mass is 261 g/mol. The second-order valence-corrected chi connectivity index (χ2v) is 5.50. The molecule has 19 heavy (non-hydrogen) atoms. The molecule has 0 amide bonds.